The van der Waals surface area contributed by atoms with Crippen molar-refractivity contribution in [3.63, 3.8) is 0 Å². The summed E-state index contributed by atoms with van der Waals surface area (Å²) < 4.78 is 0. The number of rotatable bonds is 5. The summed E-state index contributed by atoms with van der Waals surface area (Å²) in [5, 5.41) is 2.85. The molecule has 1 amide bonds. The topological polar surface area (TPSA) is 58.4 Å². The maximum atomic E-state index is 11.9. The van der Waals surface area contributed by atoms with Gasteiger partial charge in [-0.2, -0.15) is 0 Å². The van der Waals surface area contributed by atoms with Crippen LogP contribution in [-0.2, 0) is 4.79 Å². The lowest BCUT2D eigenvalue weighted by Crippen LogP contribution is -2.56. The summed E-state index contributed by atoms with van der Waals surface area (Å²) in [4.78, 5) is 14.2. The van der Waals surface area contributed by atoms with E-state index in [2.05, 4.69) is 23.7 Å². The van der Waals surface area contributed by atoms with Crippen LogP contribution >= 0.6 is 0 Å². The second kappa shape index (κ2) is 6.77. The standard InChI is InChI=1S/C13H25N3O/c1-4-7-15-13(17)11(3)16-8-5-6-10(2)12(16)9-14/h4,10-12H,1,5-9,14H2,2-3H3,(H,15,17). The smallest absolute Gasteiger partial charge is 0.237 e. The number of piperidine rings is 1. The first-order valence-electron chi connectivity index (χ1n) is 6.46. The van der Waals surface area contributed by atoms with E-state index in [9.17, 15) is 4.79 Å². The molecule has 4 nitrogen and oxygen atoms in total. The van der Waals surface area contributed by atoms with E-state index in [1.165, 1.54) is 6.42 Å². The second-order valence-electron chi connectivity index (χ2n) is 4.87. The van der Waals surface area contributed by atoms with Crippen LogP contribution in [0, 0.1) is 5.92 Å². The average molecular weight is 239 g/mol. The summed E-state index contributed by atoms with van der Waals surface area (Å²) in [5.74, 6) is 0.640. The van der Waals surface area contributed by atoms with Crippen LogP contribution in [0.3, 0.4) is 0 Å². The molecular formula is C13H25N3O. The number of nitrogens with two attached hydrogens (primary N) is 1. The molecule has 3 N–H and O–H groups in total. The molecule has 3 unspecified atom stereocenters. The maximum Gasteiger partial charge on any atom is 0.237 e. The van der Waals surface area contributed by atoms with Crippen molar-refractivity contribution >= 4 is 5.91 Å². The van der Waals surface area contributed by atoms with Crippen molar-refractivity contribution in [1.29, 1.82) is 0 Å². The van der Waals surface area contributed by atoms with Gasteiger partial charge in [-0.15, -0.1) is 6.58 Å². The molecule has 1 heterocycles. The first-order chi connectivity index (χ1) is 8.11. The normalized spacial score (nSPS) is 27.5. The van der Waals surface area contributed by atoms with Gasteiger partial charge in [-0.1, -0.05) is 13.0 Å². The lowest BCUT2D eigenvalue weighted by atomic mass is 9.89. The Labute approximate surface area is 104 Å². The van der Waals surface area contributed by atoms with Crippen LogP contribution in [0.5, 0.6) is 0 Å². The van der Waals surface area contributed by atoms with Crippen LogP contribution in [0.4, 0.5) is 0 Å². The zero-order chi connectivity index (χ0) is 12.8. The fourth-order valence-electron chi connectivity index (χ4n) is 2.60. The average Bonchev–Trinajstić information content (AvgIpc) is 2.34. The molecule has 0 aromatic carbocycles. The Balaban J connectivity index is 2.61. The van der Waals surface area contributed by atoms with E-state index >= 15 is 0 Å². The minimum atomic E-state index is -0.105. The van der Waals surface area contributed by atoms with E-state index in [0.717, 1.165) is 13.0 Å². The summed E-state index contributed by atoms with van der Waals surface area (Å²) in [6.45, 7) is 9.90. The molecule has 4 heteroatoms. The Bertz CT molecular complexity index is 267. The van der Waals surface area contributed by atoms with Crippen LogP contribution in [0.15, 0.2) is 12.7 Å². The molecule has 1 rings (SSSR count). The first-order valence-corrected chi connectivity index (χ1v) is 6.46. The number of likely N-dealkylation sites (tertiary alicyclic amines) is 1. The largest absolute Gasteiger partial charge is 0.351 e. The zero-order valence-corrected chi connectivity index (χ0v) is 11.0. The third-order valence-electron chi connectivity index (χ3n) is 3.70. The maximum absolute atomic E-state index is 11.9. The molecule has 0 radical (unpaired) electrons. The van der Waals surface area contributed by atoms with Gasteiger partial charge in [-0.05, 0) is 32.2 Å². The predicted molar refractivity (Wildman–Crippen MR) is 70.6 cm³/mol. The van der Waals surface area contributed by atoms with Crippen molar-refractivity contribution in [1.82, 2.24) is 10.2 Å². The molecule has 1 aliphatic heterocycles. The molecular weight excluding hydrogens is 214 g/mol. The van der Waals surface area contributed by atoms with Gasteiger partial charge < -0.3 is 11.1 Å². The molecule has 17 heavy (non-hydrogen) atoms. The highest BCUT2D eigenvalue weighted by molar-refractivity contribution is 5.81. The van der Waals surface area contributed by atoms with E-state index in [1.807, 2.05) is 6.92 Å². The van der Waals surface area contributed by atoms with Crippen LogP contribution in [0.1, 0.15) is 26.7 Å². The van der Waals surface area contributed by atoms with Crippen LogP contribution in [0.2, 0.25) is 0 Å². The number of carbonyl (C=O) groups is 1. The predicted octanol–water partition coefficient (Wildman–Crippen LogP) is 0.736. The third-order valence-corrected chi connectivity index (χ3v) is 3.70. The first kappa shape index (κ1) is 14.2. The number of hydrogen-bond donors (Lipinski definition) is 2. The molecule has 0 saturated carbocycles. The van der Waals surface area contributed by atoms with E-state index in [4.69, 9.17) is 5.73 Å². The summed E-state index contributed by atoms with van der Waals surface area (Å²) in [7, 11) is 0. The summed E-state index contributed by atoms with van der Waals surface area (Å²) in [6.07, 6.45) is 4.06. The van der Waals surface area contributed by atoms with E-state index in [1.54, 1.807) is 6.08 Å². The molecule has 0 aromatic heterocycles. The minimum absolute atomic E-state index is 0.0671. The fourth-order valence-corrected chi connectivity index (χ4v) is 2.60. The highest BCUT2D eigenvalue weighted by Crippen LogP contribution is 2.24. The minimum Gasteiger partial charge on any atom is -0.351 e. The SMILES string of the molecule is C=CCNC(=O)C(C)N1CCCC(C)C1CN. The molecule has 0 spiro atoms. The van der Waals surface area contributed by atoms with Crippen molar-refractivity contribution in [2.45, 2.75) is 38.8 Å². The summed E-state index contributed by atoms with van der Waals surface area (Å²) in [5.41, 5.74) is 5.83. The molecule has 98 valence electrons. The number of carbonyl (C=O) groups excluding carboxylic acids is 1. The van der Waals surface area contributed by atoms with Crippen molar-refractivity contribution < 1.29 is 4.79 Å². The molecule has 0 aliphatic carbocycles. The van der Waals surface area contributed by atoms with Gasteiger partial charge in [0.15, 0.2) is 0 Å². The van der Waals surface area contributed by atoms with Gasteiger partial charge in [-0.25, -0.2) is 0 Å². The Hall–Kier alpha value is -0.870. The van der Waals surface area contributed by atoms with E-state index in [-0.39, 0.29) is 11.9 Å². The Morgan fingerprint density at radius 3 is 3.00 bits per heavy atom. The van der Waals surface area contributed by atoms with Crippen LogP contribution in [0.25, 0.3) is 0 Å². The number of amides is 1. The molecule has 1 aliphatic rings. The molecule has 1 saturated heterocycles. The Kier molecular flexibility index (Phi) is 5.65. The van der Waals surface area contributed by atoms with Gasteiger partial charge in [0.2, 0.25) is 5.91 Å². The van der Waals surface area contributed by atoms with Crippen LogP contribution in [-0.4, -0.2) is 42.5 Å². The molecule has 0 bridgehead atoms. The Morgan fingerprint density at radius 2 is 2.41 bits per heavy atom. The molecule has 3 atom stereocenters. The fraction of sp³-hybridized carbons (Fsp3) is 0.769. The highest BCUT2D eigenvalue weighted by atomic mass is 16.2. The highest BCUT2D eigenvalue weighted by Gasteiger charge is 2.33. The van der Waals surface area contributed by atoms with Crippen LogP contribution < -0.4 is 11.1 Å². The van der Waals surface area contributed by atoms with Gasteiger partial charge in [0.1, 0.15) is 0 Å². The van der Waals surface area contributed by atoms with Crippen molar-refractivity contribution in [3.05, 3.63) is 12.7 Å². The molecule has 1 fully saturated rings. The van der Waals surface area contributed by atoms with Gasteiger partial charge in [0.05, 0.1) is 6.04 Å². The third kappa shape index (κ3) is 3.54. The summed E-state index contributed by atoms with van der Waals surface area (Å²) in [6, 6.07) is 0.222. The lowest BCUT2D eigenvalue weighted by Gasteiger charge is -2.42. The molecule has 0 aromatic rings. The summed E-state index contributed by atoms with van der Waals surface area (Å²) >= 11 is 0. The monoisotopic (exact) mass is 239 g/mol. The quantitative estimate of drug-likeness (QED) is 0.696. The van der Waals surface area contributed by atoms with Crippen molar-refractivity contribution in [2.75, 3.05) is 19.6 Å². The number of hydrogen-bond acceptors (Lipinski definition) is 3. The van der Waals surface area contributed by atoms with Gasteiger partial charge in [0, 0.05) is 19.1 Å². The lowest BCUT2D eigenvalue weighted by molar-refractivity contribution is -0.127. The zero-order valence-electron chi connectivity index (χ0n) is 11.0. The van der Waals surface area contributed by atoms with E-state index in [0.29, 0.717) is 25.0 Å². The Morgan fingerprint density at radius 1 is 1.71 bits per heavy atom. The van der Waals surface area contributed by atoms with E-state index < -0.39 is 0 Å². The van der Waals surface area contributed by atoms with Gasteiger partial charge >= 0.3 is 0 Å². The van der Waals surface area contributed by atoms with Gasteiger partial charge in [-0.3, -0.25) is 9.69 Å². The number of nitrogens with zero attached hydrogens (tertiary/aromatic N) is 1. The van der Waals surface area contributed by atoms with Gasteiger partial charge in [0.25, 0.3) is 0 Å². The number of nitrogens with one attached hydrogen (secondary N) is 1. The van der Waals surface area contributed by atoms with Crippen molar-refractivity contribution in [3.8, 4) is 0 Å². The van der Waals surface area contributed by atoms with Crippen molar-refractivity contribution in [2.24, 2.45) is 11.7 Å². The second-order valence-corrected chi connectivity index (χ2v) is 4.87.